The van der Waals surface area contributed by atoms with E-state index >= 15 is 0 Å². The minimum Gasteiger partial charge on any atom is -0.545 e. The number of para-hydroxylation sites is 1. The maximum absolute atomic E-state index is 13.0. The van der Waals surface area contributed by atoms with Crippen LogP contribution < -0.4 is 20.5 Å². The molecule has 34 heavy (non-hydrogen) atoms. The zero-order valence-electron chi connectivity index (χ0n) is 17.8. The number of rotatable bonds is 8. The molecule has 0 aliphatic heterocycles. The van der Waals surface area contributed by atoms with Gasteiger partial charge in [-0.05, 0) is 41.5 Å². The number of carboxylic acids is 1. The third kappa shape index (κ3) is 5.82. The number of amides is 2. The molecule has 3 rings (SSSR count). The smallest absolute Gasteiger partial charge is 0.272 e. The molecule has 0 atom stereocenters. The fourth-order valence-corrected chi connectivity index (χ4v) is 2.96. The van der Waals surface area contributed by atoms with Crippen LogP contribution in [0.2, 0.25) is 0 Å². The van der Waals surface area contributed by atoms with Gasteiger partial charge >= 0.3 is 0 Å². The molecule has 0 heterocycles. The first-order valence-corrected chi connectivity index (χ1v) is 9.82. The number of hydrogen-bond acceptors (Lipinski definition) is 7. The Balaban J connectivity index is 1.94. The fourth-order valence-electron chi connectivity index (χ4n) is 2.96. The van der Waals surface area contributed by atoms with Gasteiger partial charge in [0.1, 0.15) is 11.4 Å². The zero-order valence-corrected chi connectivity index (χ0v) is 17.8. The number of nitrogens with one attached hydrogen (secondary N) is 2. The van der Waals surface area contributed by atoms with Gasteiger partial charge in [-0.25, -0.2) is 0 Å². The van der Waals surface area contributed by atoms with Crippen LogP contribution in [0.15, 0.2) is 78.5 Å². The summed E-state index contributed by atoms with van der Waals surface area (Å²) in [6.07, 6.45) is 1.28. The van der Waals surface area contributed by atoms with Crippen molar-refractivity contribution in [1.29, 1.82) is 0 Å². The molecule has 0 aromatic heterocycles. The molecule has 0 saturated heterocycles. The number of non-ortho nitro benzene ring substituents is 1. The van der Waals surface area contributed by atoms with Gasteiger partial charge < -0.3 is 25.3 Å². The Bertz CT molecular complexity index is 1280. The summed E-state index contributed by atoms with van der Waals surface area (Å²) in [5.41, 5.74) is 0.247. The minimum absolute atomic E-state index is 0.0742. The third-order valence-corrected chi connectivity index (χ3v) is 4.61. The molecule has 0 aliphatic carbocycles. The summed E-state index contributed by atoms with van der Waals surface area (Å²) in [6.45, 7) is 0. The van der Waals surface area contributed by atoms with Crippen molar-refractivity contribution in [1.82, 2.24) is 5.32 Å². The van der Waals surface area contributed by atoms with E-state index in [1.54, 1.807) is 18.2 Å². The molecule has 0 radical (unpaired) electrons. The second kappa shape index (κ2) is 10.6. The van der Waals surface area contributed by atoms with Gasteiger partial charge in [0.2, 0.25) is 0 Å². The molecule has 10 heteroatoms. The molecule has 0 spiro atoms. The number of hydrogen-bond donors (Lipinski definition) is 2. The first kappa shape index (κ1) is 23.7. The number of carboxylic acid groups (broad SMARTS) is 1. The molecule has 172 valence electrons. The number of nitro benzene ring substituents is 1. The van der Waals surface area contributed by atoms with Crippen LogP contribution in [0.3, 0.4) is 0 Å². The number of nitro groups is 1. The normalized spacial score (nSPS) is 10.8. The summed E-state index contributed by atoms with van der Waals surface area (Å²) in [5.74, 6) is -2.46. The molecular formula is C24H18N3O7-. The van der Waals surface area contributed by atoms with Crippen LogP contribution in [0, 0.1) is 10.1 Å². The molecule has 0 saturated carbocycles. The lowest BCUT2D eigenvalue weighted by Crippen LogP contribution is -2.31. The summed E-state index contributed by atoms with van der Waals surface area (Å²) < 4.78 is 5.19. The molecule has 10 nitrogen and oxygen atoms in total. The van der Waals surface area contributed by atoms with Crippen molar-refractivity contribution >= 4 is 35.2 Å². The Morgan fingerprint density at radius 3 is 2.32 bits per heavy atom. The van der Waals surface area contributed by atoms with E-state index < -0.39 is 22.7 Å². The predicted molar refractivity (Wildman–Crippen MR) is 121 cm³/mol. The predicted octanol–water partition coefficient (Wildman–Crippen LogP) is 2.38. The average Bonchev–Trinajstić information content (AvgIpc) is 2.84. The maximum atomic E-state index is 13.0. The standard InChI is InChI=1S/C24H19N3O7/c1-34-21-8-3-2-7-19(21)22(28)26-20(14-15-5-4-6-18(13-15)27(32)33)23(29)25-17-11-9-16(10-12-17)24(30)31/h2-14H,1H3,(H,25,29)(H,26,28)(H,30,31)/p-1/b20-14+. The van der Waals surface area contributed by atoms with Crippen LogP contribution in [0.5, 0.6) is 5.75 Å². The van der Waals surface area contributed by atoms with Crippen molar-refractivity contribution in [2.75, 3.05) is 12.4 Å². The molecule has 3 aromatic rings. The van der Waals surface area contributed by atoms with Gasteiger partial charge in [-0.15, -0.1) is 0 Å². The summed E-state index contributed by atoms with van der Waals surface area (Å²) in [6, 6.07) is 17.1. The van der Waals surface area contributed by atoms with E-state index in [0.717, 1.165) is 0 Å². The topological polar surface area (TPSA) is 151 Å². The second-order valence-electron chi connectivity index (χ2n) is 6.88. The number of aromatic carboxylic acids is 1. The van der Waals surface area contributed by atoms with Crippen molar-refractivity contribution in [3.05, 3.63) is 105 Å². The summed E-state index contributed by atoms with van der Waals surface area (Å²) in [7, 11) is 1.40. The maximum Gasteiger partial charge on any atom is 0.272 e. The molecule has 0 fully saturated rings. The highest BCUT2D eigenvalue weighted by Crippen LogP contribution is 2.19. The Morgan fingerprint density at radius 1 is 0.971 bits per heavy atom. The van der Waals surface area contributed by atoms with E-state index in [4.69, 9.17) is 4.74 Å². The number of anilines is 1. The number of methoxy groups -OCH3 is 1. The fraction of sp³-hybridized carbons (Fsp3) is 0.0417. The van der Waals surface area contributed by atoms with Crippen LogP contribution in [-0.4, -0.2) is 29.8 Å². The van der Waals surface area contributed by atoms with Gasteiger partial charge in [0.05, 0.1) is 23.6 Å². The van der Waals surface area contributed by atoms with Crippen molar-refractivity contribution in [3.63, 3.8) is 0 Å². The Morgan fingerprint density at radius 2 is 1.68 bits per heavy atom. The van der Waals surface area contributed by atoms with Gasteiger partial charge in [0.25, 0.3) is 17.5 Å². The van der Waals surface area contributed by atoms with Crippen LogP contribution >= 0.6 is 0 Å². The summed E-state index contributed by atoms with van der Waals surface area (Å²) >= 11 is 0. The zero-order chi connectivity index (χ0) is 24.7. The van der Waals surface area contributed by atoms with Crippen molar-refractivity contribution in [2.24, 2.45) is 0 Å². The molecule has 2 amide bonds. The average molecular weight is 460 g/mol. The molecule has 0 aliphatic rings. The molecule has 0 unspecified atom stereocenters. The van der Waals surface area contributed by atoms with Crippen LogP contribution in [-0.2, 0) is 4.79 Å². The highest BCUT2D eigenvalue weighted by molar-refractivity contribution is 6.11. The van der Waals surface area contributed by atoms with Gasteiger partial charge in [-0.3, -0.25) is 19.7 Å². The van der Waals surface area contributed by atoms with Gasteiger partial charge in [-0.1, -0.05) is 36.4 Å². The number of ether oxygens (including phenoxy) is 1. The van der Waals surface area contributed by atoms with E-state index in [9.17, 15) is 29.6 Å². The SMILES string of the molecule is COc1ccccc1C(=O)N/C(=C/c1cccc([N+](=O)[O-])c1)C(=O)Nc1ccc(C(=O)[O-])cc1. The van der Waals surface area contributed by atoms with Crippen molar-refractivity contribution in [3.8, 4) is 5.75 Å². The minimum atomic E-state index is -1.37. The van der Waals surface area contributed by atoms with Gasteiger partial charge in [0.15, 0.2) is 0 Å². The number of carbonyl (C=O) groups is 3. The molecule has 3 aromatic carbocycles. The molecule has 2 N–H and O–H groups in total. The Hall–Kier alpha value is -4.99. The largest absolute Gasteiger partial charge is 0.545 e. The molecular weight excluding hydrogens is 442 g/mol. The lowest BCUT2D eigenvalue weighted by Gasteiger charge is -2.13. The van der Waals surface area contributed by atoms with E-state index in [2.05, 4.69) is 10.6 Å². The van der Waals surface area contributed by atoms with E-state index in [1.807, 2.05) is 0 Å². The Kier molecular flexibility index (Phi) is 7.34. The van der Waals surface area contributed by atoms with Gasteiger partial charge in [-0.2, -0.15) is 0 Å². The monoisotopic (exact) mass is 460 g/mol. The van der Waals surface area contributed by atoms with Crippen LogP contribution in [0.1, 0.15) is 26.3 Å². The van der Waals surface area contributed by atoms with Crippen LogP contribution in [0.4, 0.5) is 11.4 Å². The highest BCUT2D eigenvalue weighted by atomic mass is 16.6. The first-order valence-electron chi connectivity index (χ1n) is 9.82. The number of carbonyl (C=O) groups excluding carboxylic acids is 3. The second-order valence-corrected chi connectivity index (χ2v) is 6.88. The van der Waals surface area contributed by atoms with Gasteiger partial charge in [0, 0.05) is 17.8 Å². The van der Waals surface area contributed by atoms with E-state index in [1.165, 1.54) is 67.8 Å². The number of benzene rings is 3. The van der Waals surface area contributed by atoms with E-state index in [0.29, 0.717) is 5.56 Å². The molecule has 0 bridgehead atoms. The summed E-state index contributed by atoms with van der Waals surface area (Å²) in [5, 5.41) is 27.1. The quantitative estimate of drug-likeness (QED) is 0.297. The highest BCUT2D eigenvalue weighted by Gasteiger charge is 2.18. The first-order chi connectivity index (χ1) is 16.3. The third-order valence-electron chi connectivity index (χ3n) is 4.61. The lowest BCUT2D eigenvalue weighted by atomic mass is 10.1. The van der Waals surface area contributed by atoms with E-state index in [-0.39, 0.29) is 33.9 Å². The van der Waals surface area contributed by atoms with Crippen molar-refractivity contribution < 1.29 is 29.2 Å². The van der Waals surface area contributed by atoms with Crippen LogP contribution in [0.25, 0.3) is 6.08 Å². The van der Waals surface area contributed by atoms with Crippen molar-refractivity contribution in [2.45, 2.75) is 0 Å². The number of nitrogens with zero attached hydrogens (tertiary/aromatic N) is 1. The lowest BCUT2D eigenvalue weighted by molar-refractivity contribution is -0.384. The Labute approximate surface area is 193 Å². The summed E-state index contributed by atoms with van der Waals surface area (Å²) in [4.78, 5) is 47.3.